The lowest BCUT2D eigenvalue weighted by Gasteiger charge is -2.37. The number of anilines is 2. The van der Waals surface area contributed by atoms with E-state index < -0.39 is 27.9 Å². The van der Waals surface area contributed by atoms with Crippen molar-refractivity contribution in [3.05, 3.63) is 82.8 Å². The van der Waals surface area contributed by atoms with Crippen molar-refractivity contribution >= 4 is 79.4 Å². The normalized spacial score (nSPS) is 15.3. The van der Waals surface area contributed by atoms with Gasteiger partial charge in [-0.15, -0.1) is 0 Å². The van der Waals surface area contributed by atoms with E-state index in [1.807, 2.05) is 0 Å². The number of rotatable bonds is 5. The third-order valence-electron chi connectivity index (χ3n) is 4.91. The Hall–Kier alpha value is -3.22. The summed E-state index contributed by atoms with van der Waals surface area (Å²) in [6.45, 7) is 0. The van der Waals surface area contributed by atoms with Crippen LogP contribution in [0, 0.1) is 0 Å². The molecule has 1 heterocycles. The maximum absolute atomic E-state index is 13.4. The number of carbonyl (C=O) groups excluding carboxylic acids is 2. The molecule has 1 aliphatic heterocycles. The Balaban J connectivity index is 1.74. The van der Waals surface area contributed by atoms with Gasteiger partial charge >= 0.3 is 0 Å². The Kier molecular flexibility index (Phi) is 6.97. The molecule has 0 bridgehead atoms. The highest BCUT2D eigenvalue weighted by atomic mass is 35.5. The molecule has 1 fully saturated rings. The van der Waals surface area contributed by atoms with Gasteiger partial charge in [-0.2, -0.15) is 10.2 Å². The Morgan fingerprint density at radius 2 is 1.20 bits per heavy atom. The van der Waals surface area contributed by atoms with Crippen molar-refractivity contribution in [2.24, 2.45) is 15.4 Å². The van der Waals surface area contributed by atoms with Crippen LogP contribution in [0.4, 0.5) is 17.1 Å². The molecule has 0 spiro atoms. The van der Waals surface area contributed by atoms with Crippen molar-refractivity contribution < 1.29 is 18.0 Å². The summed E-state index contributed by atoms with van der Waals surface area (Å²) in [5.74, 6) is -1.42. The van der Waals surface area contributed by atoms with E-state index in [4.69, 9.17) is 40.6 Å². The van der Waals surface area contributed by atoms with E-state index in [9.17, 15) is 18.0 Å². The number of amides is 2. The molecule has 13 heteroatoms. The highest BCUT2D eigenvalue weighted by Gasteiger charge is 2.45. The summed E-state index contributed by atoms with van der Waals surface area (Å²) in [6, 6.07) is 16.3. The maximum Gasteiger partial charge on any atom is 0.269 e. The zero-order valence-corrected chi connectivity index (χ0v) is 20.7. The molecule has 35 heavy (non-hydrogen) atoms. The first kappa shape index (κ1) is 24.9. The number of carbonyl (C=O) groups is 2. The molecule has 0 radical (unpaired) electrons. The van der Waals surface area contributed by atoms with Crippen molar-refractivity contribution in [2.75, 3.05) is 9.80 Å². The minimum Gasteiger partial charge on any atom is -0.271 e. The van der Waals surface area contributed by atoms with Gasteiger partial charge in [0.05, 0.1) is 22.0 Å². The lowest BCUT2D eigenvalue weighted by molar-refractivity contribution is -0.128. The number of primary sulfonamides is 1. The molecule has 9 nitrogen and oxygen atoms in total. The summed E-state index contributed by atoms with van der Waals surface area (Å²) in [5.41, 5.74) is 0.976. The van der Waals surface area contributed by atoms with Crippen LogP contribution in [0.5, 0.6) is 0 Å². The van der Waals surface area contributed by atoms with E-state index in [1.54, 1.807) is 48.5 Å². The molecule has 2 N–H and O–H groups in total. The summed E-state index contributed by atoms with van der Waals surface area (Å²) in [7, 11) is -3.89. The minimum atomic E-state index is -3.89. The van der Waals surface area contributed by atoms with Gasteiger partial charge in [-0.25, -0.2) is 13.6 Å². The van der Waals surface area contributed by atoms with Crippen LogP contribution in [-0.2, 0) is 19.6 Å². The molecule has 4 rings (SSSR count). The highest BCUT2D eigenvalue weighted by molar-refractivity contribution is 7.89. The van der Waals surface area contributed by atoms with Crippen LogP contribution in [-0.4, -0.2) is 31.4 Å². The van der Waals surface area contributed by atoms with E-state index in [2.05, 4.69) is 10.2 Å². The molecule has 3 aromatic rings. The van der Waals surface area contributed by atoms with E-state index in [1.165, 1.54) is 34.1 Å². The van der Waals surface area contributed by atoms with E-state index in [0.717, 1.165) is 0 Å². The number of hydrogen-bond donors (Lipinski definition) is 1. The summed E-state index contributed by atoms with van der Waals surface area (Å²) in [5, 5.41) is 13.9. The fraction of sp³-hybridized carbons (Fsp3) is 0.0455. The smallest absolute Gasteiger partial charge is 0.269 e. The second-order valence-electron chi connectivity index (χ2n) is 7.24. The summed E-state index contributed by atoms with van der Waals surface area (Å²) >= 11 is 17.5. The molecular weight excluding hydrogens is 533 g/mol. The number of nitrogens with zero attached hydrogens (tertiary/aromatic N) is 4. The third kappa shape index (κ3) is 5.24. The number of benzene rings is 3. The molecule has 0 unspecified atom stereocenters. The molecule has 0 aromatic heterocycles. The number of hydrogen-bond acceptors (Lipinski definition) is 7. The lowest BCUT2D eigenvalue weighted by atomic mass is 10.1. The first-order valence-corrected chi connectivity index (χ1v) is 12.5. The minimum absolute atomic E-state index is 0.0754. The second kappa shape index (κ2) is 9.80. The van der Waals surface area contributed by atoms with Gasteiger partial charge in [0.1, 0.15) is 0 Å². The maximum atomic E-state index is 13.4. The van der Waals surface area contributed by atoms with Crippen LogP contribution in [0.3, 0.4) is 0 Å². The number of thiocarbonyl (C=S) groups is 1. The van der Waals surface area contributed by atoms with Crippen molar-refractivity contribution in [3.8, 4) is 0 Å². The predicted octanol–water partition coefficient (Wildman–Crippen LogP) is 4.46. The van der Waals surface area contributed by atoms with E-state index in [-0.39, 0.29) is 15.7 Å². The Morgan fingerprint density at radius 1 is 0.771 bits per heavy atom. The molecular formula is C22H15Cl2N5O4S2. The van der Waals surface area contributed by atoms with Gasteiger partial charge < -0.3 is 0 Å². The van der Waals surface area contributed by atoms with Crippen molar-refractivity contribution in [2.45, 2.75) is 10.9 Å². The van der Waals surface area contributed by atoms with Gasteiger partial charge in [0.15, 0.2) is 5.11 Å². The standard InChI is InChI=1S/C22H15Cl2N5O4S2/c23-13-1-7-16(8-2-13)28-20(30)19(27-26-15-5-11-18(12-6-15)35(25,32)33)21(31)29(22(28)34)17-9-3-14(24)4-10-17/h1-12,19H,(H2,25,32,33). The molecule has 1 aliphatic rings. The first-order chi connectivity index (χ1) is 16.6. The quantitative estimate of drug-likeness (QED) is 0.286. The zero-order valence-electron chi connectivity index (χ0n) is 17.6. The van der Waals surface area contributed by atoms with Crippen LogP contribution in [0.15, 0.2) is 87.9 Å². The van der Waals surface area contributed by atoms with E-state index >= 15 is 0 Å². The largest absolute Gasteiger partial charge is 0.271 e. The summed E-state index contributed by atoms with van der Waals surface area (Å²) in [4.78, 5) is 28.9. The van der Waals surface area contributed by atoms with Gasteiger partial charge in [-0.3, -0.25) is 19.4 Å². The fourth-order valence-corrected chi connectivity index (χ4v) is 4.38. The monoisotopic (exact) mass is 547 g/mol. The van der Waals surface area contributed by atoms with Crippen LogP contribution < -0.4 is 14.9 Å². The first-order valence-electron chi connectivity index (χ1n) is 9.83. The lowest BCUT2D eigenvalue weighted by Crippen LogP contribution is -2.62. The molecule has 2 amide bonds. The number of nitrogens with two attached hydrogens (primary N) is 1. The van der Waals surface area contributed by atoms with Crippen molar-refractivity contribution in [1.82, 2.24) is 0 Å². The van der Waals surface area contributed by atoms with Gasteiger partial charge in [0, 0.05) is 10.0 Å². The summed E-state index contributed by atoms with van der Waals surface area (Å²) in [6.07, 6.45) is 0. The number of azo groups is 1. The topological polar surface area (TPSA) is 126 Å². The van der Waals surface area contributed by atoms with Crippen LogP contribution in [0.1, 0.15) is 0 Å². The fourth-order valence-electron chi connectivity index (χ4n) is 3.22. The molecule has 1 saturated heterocycles. The molecule has 0 aliphatic carbocycles. The van der Waals surface area contributed by atoms with E-state index in [0.29, 0.717) is 21.4 Å². The zero-order chi connectivity index (χ0) is 25.3. The van der Waals surface area contributed by atoms with Crippen molar-refractivity contribution in [3.63, 3.8) is 0 Å². The molecule has 0 atom stereocenters. The van der Waals surface area contributed by atoms with Crippen LogP contribution in [0.25, 0.3) is 0 Å². The van der Waals surface area contributed by atoms with Gasteiger partial charge in [0.25, 0.3) is 11.8 Å². The number of halogens is 2. The molecule has 3 aromatic carbocycles. The Bertz CT molecular complexity index is 1380. The molecule has 178 valence electrons. The van der Waals surface area contributed by atoms with Gasteiger partial charge in [-0.05, 0) is 85.0 Å². The SMILES string of the molecule is NS(=O)(=O)c1ccc(N=NC2C(=O)N(c3ccc(Cl)cc3)C(=S)N(c3ccc(Cl)cc3)C2=O)cc1. The van der Waals surface area contributed by atoms with Crippen LogP contribution >= 0.6 is 35.4 Å². The molecule has 0 saturated carbocycles. The second-order valence-corrected chi connectivity index (χ2v) is 10.0. The van der Waals surface area contributed by atoms with Gasteiger partial charge in [-0.1, -0.05) is 23.2 Å². The Morgan fingerprint density at radius 3 is 1.60 bits per heavy atom. The third-order valence-corrected chi connectivity index (χ3v) is 6.71. The average Bonchev–Trinajstić information content (AvgIpc) is 2.81. The van der Waals surface area contributed by atoms with Crippen LogP contribution in [0.2, 0.25) is 10.0 Å². The predicted molar refractivity (Wildman–Crippen MR) is 137 cm³/mol. The Labute approximate surface area is 215 Å². The van der Waals surface area contributed by atoms with Crippen molar-refractivity contribution in [1.29, 1.82) is 0 Å². The highest BCUT2D eigenvalue weighted by Crippen LogP contribution is 2.30. The average molecular weight is 548 g/mol. The van der Waals surface area contributed by atoms with Gasteiger partial charge in [0.2, 0.25) is 16.1 Å². The number of sulfonamides is 1. The summed E-state index contributed by atoms with van der Waals surface area (Å²) < 4.78 is 22.9.